The highest BCUT2D eigenvalue weighted by Gasteiger charge is 2.17. The highest BCUT2D eigenvalue weighted by molar-refractivity contribution is 5.92. The van der Waals surface area contributed by atoms with Gasteiger partial charge in [-0.2, -0.15) is 0 Å². The summed E-state index contributed by atoms with van der Waals surface area (Å²) in [7, 11) is 1.47. The van der Waals surface area contributed by atoms with Crippen LogP contribution in [-0.4, -0.2) is 24.8 Å². The molecule has 1 rings (SSSR count). The first-order chi connectivity index (χ1) is 8.13. The van der Waals surface area contributed by atoms with E-state index in [4.69, 9.17) is 9.47 Å². The van der Waals surface area contributed by atoms with Crippen LogP contribution < -0.4 is 4.74 Å². The number of aromatic hydroxyl groups is 1. The molecule has 4 heteroatoms. The Bertz CT molecular complexity index is 424. The average Bonchev–Trinajstić information content (AvgIpc) is 2.31. The number of carbonyl (C=O) groups is 1. The molecule has 0 spiro atoms. The molecule has 0 aliphatic heterocycles. The first kappa shape index (κ1) is 13.1. The van der Waals surface area contributed by atoms with Crippen LogP contribution in [0.3, 0.4) is 0 Å². The van der Waals surface area contributed by atoms with Crippen LogP contribution in [0.15, 0.2) is 24.8 Å². The van der Waals surface area contributed by atoms with Crippen LogP contribution in [-0.2, 0) is 11.2 Å². The molecule has 0 radical (unpaired) electrons. The third kappa shape index (κ3) is 3.00. The van der Waals surface area contributed by atoms with Crippen LogP contribution in [0.4, 0.5) is 0 Å². The van der Waals surface area contributed by atoms with Gasteiger partial charge in [-0.15, -0.1) is 6.58 Å². The molecule has 92 valence electrons. The Morgan fingerprint density at radius 2 is 2.24 bits per heavy atom. The molecule has 17 heavy (non-hydrogen) atoms. The Morgan fingerprint density at radius 3 is 2.76 bits per heavy atom. The zero-order valence-corrected chi connectivity index (χ0v) is 10.0. The Morgan fingerprint density at radius 1 is 1.53 bits per heavy atom. The summed E-state index contributed by atoms with van der Waals surface area (Å²) in [6.45, 7) is 5.60. The highest BCUT2D eigenvalue weighted by atomic mass is 16.5. The van der Waals surface area contributed by atoms with E-state index in [-0.39, 0.29) is 12.4 Å². The molecule has 0 amide bonds. The quantitative estimate of drug-likeness (QED) is 0.629. The lowest BCUT2D eigenvalue weighted by atomic mass is 10.0. The minimum absolute atomic E-state index is 0.00676. The van der Waals surface area contributed by atoms with Crippen molar-refractivity contribution < 1.29 is 19.4 Å². The van der Waals surface area contributed by atoms with E-state index in [2.05, 4.69) is 6.58 Å². The summed E-state index contributed by atoms with van der Waals surface area (Å²) in [5, 5.41) is 9.82. The van der Waals surface area contributed by atoms with Gasteiger partial charge < -0.3 is 14.6 Å². The number of carbonyl (C=O) groups excluding carboxylic acids is 1. The second-order valence-corrected chi connectivity index (χ2v) is 3.39. The monoisotopic (exact) mass is 236 g/mol. The maximum atomic E-state index is 11.7. The fourth-order valence-corrected chi connectivity index (χ4v) is 1.50. The van der Waals surface area contributed by atoms with Crippen LogP contribution in [0, 0.1) is 0 Å². The third-order valence-electron chi connectivity index (χ3n) is 2.28. The Kier molecular flexibility index (Phi) is 4.57. The molecule has 0 aromatic heterocycles. The van der Waals surface area contributed by atoms with Crippen molar-refractivity contribution >= 4 is 5.97 Å². The fourth-order valence-electron chi connectivity index (χ4n) is 1.50. The molecule has 1 N–H and O–H groups in total. The molecule has 0 fully saturated rings. The summed E-state index contributed by atoms with van der Waals surface area (Å²) in [5.74, 6) is -0.0516. The highest BCUT2D eigenvalue weighted by Crippen LogP contribution is 2.29. The molecule has 0 heterocycles. The zero-order chi connectivity index (χ0) is 12.8. The summed E-state index contributed by atoms with van der Waals surface area (Å²) in [6.07, 6.45) is 2.01. The topological polar surface area (TPSA) is 55.8 Å². The molecule has 1 aromatic carbocycles. The van der Waals surface area contributed by atoms with Crippen molar-refractivity contribution in [3.63, 3.8) is 0 Å². The molecule has 4 nitrogen and oxygen atoms in total. The van der Waals surface area contributed by atoms with Crippen LogP contribution >= 0.6 is 0 Å². The lowest BCUT2D eigenvalue weighted by Crippen LogP contribution is -2.08. The summed E-state index contributed by atoms with van der Waals surface area (Å²) in [5.41, 5.74) is 0.808. The number of methoxy groups -OCH3 is 1. The van der Waals surface area contributed by atoms with Gasteiger partial charge in [0.05, 0.1) is 19.3 Å². The van der Waals surface area contributed by atoms with E-state index in [0.29, 0.717) is 23.3 Å². The number of phenolic OH excluding ortho intramolecular Hbond substituents is 1. The van der Waals surface area contributed by atoms with Gasteiger partial charge in [0.25, 0.3) is 0 Å². The number of ether oxygens (including phenoxy) is 2. The molecule has 0 saturated heterocycles. The minimum Gasteiger partial charge on any atom is -0.507 e. The first-order valence-electron chi connectivity index (χ1n) is 5.31. The van der Waals surface area contributed by atoms with Gasteiger partial charge in [-0.1, -0.05) is 6.08 Å². The van der Waals surface area contributed by atoms with Crippen LogP contribution in [0.2, 0.25) is 0 Å². The Labute approximate surface area is 100 Å². The number of benzene rings is 1. The Balaban J connectivity index is 3.26. The van der Waals surface area contributed by atoms with E-state index in [9.17, 15) is 9.90 Å². The normalized spacial score (nSPS) is 9.76. The molecule has 0 aliphatic carbocycles. The lowest BCUT2D eigenvalue weighted by Gasteiger charge is -2.11. The first-order valence-corrected chi connectivity index (χ1v) is 5.31. The van der Waals surface area contributed by atoms with Crippen LogP contribution in [0.1, 0.15) is 22.8 Å². The second-order valence-electron chi connectivity index (χ2n) is 3.39. The van der Waals surface area contributed by atoms with Crippen molar-refractivity contribution in [3.05, 3.63) is 35.9 Å². The van der Waals surface area contributed by atoms with Gasteiger partial charge in [0.15, 0.2) is 0 Å². The van der Waals surface area contributed by atoms with Gasteiger partial charge in [0.1, 0.15) is 11.5 Å². The molecule has 0 bridgehead atoms. The fraction of sp³-hybridized carbons (Fsp3) is 0.308. The van der Waals surface area contributed by atoms with Crippen molar-refractivity contribution in [1.29, 1.82) is 0 Å². The summed E-state index contributed by atoms with van der Waals surface area (Å²) in [4.78, 5) is 11.7. The molecular formula is C13H16O4. The smallest absolute Gasteiger partial charge is 0.338 e. The summed E-state index contributed by atoms with van der Waals surface area (Å²) < 4.78 is 9.93. The van der Waals surface area contributed by atoms with Crippen molar-refractivity contribution in [1.82, 2.24) is 0 Å². The van der Waals surface area contributed by atoms with Crippen molar-refractivity contribution in [2.45, 2.75) is 13.3 Å². The van der Waals surface area contributed by atoms with Gasteiger partial charge in [0.2, 0.25) is 0 Å². The molecule has 0 atom stereocenters. The van der Waals surface area contributed by atoms with E-state index in [1.54, 1.807) is 19.1 Å². The van der Waals surface area contributed by atoms with Crippen molar-refractivity contribution in [3.8, 4) is 11.5 Å². The number of rotatable bonds is 5. The summed E-state index contributed by atoms with van der Waals surface area (Å²) >= 11 is 0. The van der Waals surface area contributed by atoms with Crippen LogP contribution in [0.5, 0.6) is 11.5 Å². The number of esters is 1. The van der Waals surface area contributed by atoms with Gasteiger partial charge >= 0.3 is 5.97 Å². The molecular weight excluding hydrogens is 220 g/mol. The third-order valence-corrected chi connectivity index (χ3v) is 2.28. The molecule has 0 unspecified atom stereocenters. The second kappa shape index (κ2) is 5.94. The Hall–Kier alpha value is -1.97. The van der Waals surface area contributed by atoms with E-state index in [1.807, 2.05) is 0 Å². The maximum absolute atomic E-state index is 11.7. The number of allylic oxidation sites excluding steroid dienone is 1. The standard InChI is InChI=1S/C13H16O4/c1-4-6-10-11(13(15)17-5-2)7-9(16-3)8-12(10)14/h4,7-8,14H,1,5-6H2,2-3H3. The zero-order valence-electron chi connectivity index (χ0n) is 10.0. The minimum atomic E-state index is -0.474. The number of hydrogen-bond donors (Lipinski definition) is 1. The van der Waals surface area contributed by atoms with Crippen molar-refractivity contribution in [2.75, 3.05) is 13.7 Å². The van der Waals surface area contributed by atoms with E-state index < -0.39 is 5.97 Å². The van der Waals surface area contributed by atoms with E-state index in [1.165, 1.54) is 13.2 Å². The maximum Gasteiger partial charge on any atom is 0.338 e. The largest absolute Gasteiger partial charge is 0.507 e. The predicted octanol–water partition coefficient (Wildman–Crippen LogP) is 2.31. The van der Waals surface area contributed by atoms with Crippen molar-refractivity contribution in [2.24, 2.45) is 0 Å². The molecule has 1 aromatic rings. The van der Waals surface area contributed by atoms with Gasteiger partial charge in [-0.05, 0) is 19.4 Å². The predicted molar refractivity (Wildman–Crippen MR) is 64.5 cm³/mol. The molecule has 0 aliphatic rings. The average molecular weight is 236 g/mol. The van der Waals surface area contributed by atoms with Crippen LogP contribution in [0.25, 0.3) is 0 Å². The number of phenols is 1. The lowest BCUT2D eigenvalue weighted by molar-refractivity contribution is 0.0524. The van der Waals surface area contributed by atoms with Gasteiger partial charge in [0, 0.05) is 11.6 Å². The molecule has 0 saturated carbocycles. The van der Waals surface area contributed by atoms with E-state index in [0.717, 1.165) is 0 Å². The van der Waals surface area contributed by atoms with E-state index >= 15 is 0 Å². The summed E-state index contributed by atoms with van der Waals surface area (Å²) in [6, 6.07) is 3.01. The SMILES string of the molecule is C=CCc1c(O)cc(OC)cc1C(=O)OCC. The number of hydrogen-bond acceptors (Lipinski definition) is 4. The van der Waals surface area contributed by atoms with Gasteiger partial charge in [-0.25, -0.2) is 4.79 Å². The van der Waals surface area contributed by atoms with Gasteiger partial charge in [-0.3, -0.25) is 0 Å².